The lowest BCUT2D eigenvalue weighted by atomic mass is 10.0. The van der Waals surface area contributed by atoms with Crippen molar-refractivity contribution in [1.29, 1.82) is 0 Å². The molecule has 8 nitrogen and oxygen atoms in total. The van der Waals surface area contributed by atoms with Crippen molar-refractivity contribution in [2.45, 2.75) is 79.7 Å². The maximum atomic E-state index is 11.4. The van der Waals surface area contributed by atoms with Gasteiger partial charge in [0.15, 0.2) is 0 Å². The molecule has 8 heteroatoms. The Morgan fingerprint density at radius 3 is 2.41 bits per heavy atom. The smallest absolute Gasteiger partial charge is 0.335 e. The van der Waals surface area contributed by atoms with Crippen LogP contribution in [0, 0.1) is 19.8 Å². The first kappa shape index (κ1) is 32.8. The molecule has 0 fully saturated rings. The van der Waals surface area contributed by atoms with Gasteiger partial charge in [-0.15, -0.1) is 0 Å². The number of fused-ring (bicyclic) bond motifs is 1. The van der Waals surface area contributed by atoms with E-state index in [9.17, 15) is 9.90 Å². The fourth-order valence-corrected chi connectivity index (χ4v) is 5.74. The van der Waals surface area contributed by atoms with E-state index in [-0.39, 0.29) is 23.5 Å². The van der Waals surface area contributed by atoms with Crippen molar-refractivity contribution in [1.82, 2.24) is 9.72 Å². The van der Waals surface area contributed by atoms with Crippen molar-refractivity contribution in [2.24, 2.45) is 5.92 Å². The average molecular weight is 625 g/mol. The molecule has 1 N–H and O–H groups in total. The van der Waals surface area contributed by atoms with Gasteiger partial charge in [-0.2, -0.15) is 0 Å². The minimum Gasteiger partial charge on any atom is -0.493 e. The van der Waals surface area contributed by atoms with Crippen LogP contribution in [0.25, 0.3) is 10.9 Å². The lowest BCUT2D eigenvalue weighted by Gasteiger charge is -2.22. The molecule has 1 atom stereocenters. The third-order valence-corrected chi connectivity index (χ3v) is 8.31. The Labute approximate surface area is 270 Å². The highest BCUT2D eigenvalue weighted by atomic mass is 16.5. The van der Waals surface area contributed by atoms with Gasteiger partial charge in [-0.05, 0) is 72.9 Å². The molecule has 3 aromatic carbocycles. The van der Waals surface area contributed by atoms with Crippen LogP contribution in [0.2, 0.25) is 0 Å². The minimum atomic E-state index is -0.923. The zero-order valence-electron chi connectivity index (χ0n) is 27.6. The molecule has 0 amide bonds. The highest BCUT2D eigenvalue weighted by Gasteiger charge is 2.23. The molecule has 0 aliphatic heterocycles. The second-order valence-electron chi connectivity index (χ2n) is 12.5. The number of hydrogen-bond acceptors (Lipinski definition) is 6. The average Bonchev–Trinajstić information content (AvgIpc) is 3.62. The van der Waals surface area contributed by atoms with Gasteiger partial charge in [-0.3, -0.25) is 0 Å². The van der Waals surface area contributed by atoms with Gasteiger partial charge in [0.2, 0.25) is 0 Å². The molecule has 0 aliphatic carbocycles. The van der Waals surface area contributed by atoms with E-state index in [0.29, 0.717) is 26.4 Å². The molecular formula is C38H44N2O6. The van der Waals surface area contributed by atoms with Crippen molar-refractivity contribution in [3.63, 3.8) is 0 Å². The monoisotopic (exact) mass is 624 g/mol. The second-order valence-corrected chi connectivity index (χ2v) is 12.5. The molecule has 2 aromatic heterocycles. The summed E-state index contributed by atoms with van der Waals surface area (Å²) in [4.78, 5) is 11.4. The van der Waals surface area contributed by atoms with Crippen molar-refractivity contribution >= 4 is 16.9 Å². The lowest BCUT2D eigenvalue weighted by molar-refractivity contribution is -0.00327. The van der Waals surface area contributed by atoms with Crippen LogP contribution in [0.4, 0.5) is 0 Å². The fourth-order valence-electron chi connectivity index (χ4n) is 5.74. The number of rotatable bonds is 15. The maximum Gasteiger partial charge on any atom is 0.335 e. The number of hydrogen-bond donors (Lipinski definition) is 1. The number of carboxylic acid groups (broad SMARTS) is 1. The van der Waals surface area contributed by atoms with Crippen LogP contribution in [-0.4, -0.2) is 33.5 Å². The van der Waals surface area contributed by atoms with E-state index in [1.807, 2.05) is 62.5 Å². The van der Waals surface area contributed by atoms with E-state index in [1.165, 1.54) is 0 Å². The van der Waals surface area contributed by atoms with Crippen LogP contribution in [0.3, 0.4) is 0 Å². The number of aromatic nitrogens is 2. The Hall–Kier alpha value is -4.56. The molecule has 0 aliphatic rings. The van der Waals surface area contributed by atoms with E-state index in [2.05, 4.69) is 43.5 Å². The SMILES string of the molecule is Cc1cccc(C)c1OCc1noc(C(C)C)c1COC(CCOc1ccc2c(ccn2Cc2cccc(C(=O)O)c2)c1)C(C)C. The predicted molar refractivity (Wildman–Crippen MR) is 179 cm³/mol. The predicted octanol–water partition coefficient (Wildman–Crippen LogP) is 8.71. The van der Waals surface area contributed by atoms with Gasteiger partial charge < -0.3 is 28.4 Å². The van der Waals surface area contributed by atoms with Gasteiger partial charge in [0, 0.05) is 41.5 Å². The standard InChI is InChI=1S/C38H44N2O6/c1-24(2)35(44-22-32-33(39-46-36(32)25(3)4)23-45-37-26(5)9-7-10-27(37)6)16-18-43-31-13-14-34-29(20-31)15-17-40(34)21-28-11-8-12-30(19-28)38(41)42/h7-15,17,19-20,24-25,35H,16,18,21-23H2,1-6H3,(H,41,42). The topological polar surface area (TPSA) is 96.0 Å². The molecule has 0 spiro atoms. The lowest BCUT2D eigenvalue weighted by Crippen LogP contribution is -2.23. The Bertz CT molecular complexity index is 1760. The molecule has 0 radical (unpaired) electrons. The minimum absolute atomic E-state index is 0.0197. The number of benzene rings is 3. The molecule has 5 rings (SSSR count). The summed E-state index contributed by atoms with van der Waals surface area (Å²) < 4.78 is 26.8. The fraction of sp³-hybridized carbons (Fsp3) is 0.368. The van der Waals surface area contributed by atoms with Gasteiger partial charge in [0.05, 0.1) is 24.9 Å². The maximum absolute atomic E-state index is 11.4. The van der Waals surface area contributed by atoms with Crippen LogP contribution in [0.1, 0.15) is 84.1 Å². The Balaban J connectivity index is 1.19. The highest BCUT2D eigenvalue weighted by Crippen LogP contribution is 2.29. The third-order valence-electron chi connectivity index (χ3n) is 8.31. The zero-order chi connectivity index (χ0) is 32.8. The highest BCUT2D eigenvalue weighted by molar-refractivity contribution is 5.87. The van der Waals surface area contributed by atoms with E-state index in [1.54, 1.807) is 18.2 Å². The number of para-hydroxylation sites is 1. The Kier molecular flexibility index (Phi) is 10.5. The number of aryl methyl sites for hydroxylation is 2. The summed E-state index contributed by atoms with van der Waals surface area (Å²) in [6.07, 6.45) is 2.73. The number of ether oxygens (including phenoxy) is 3. The number of nitrogens with zero attached hydrogens (tertiary/aromatic N) is 2. The van der Waals surface area contributed by atoms with Gasteiger partial charge in [0.25, 0.3) is 0 Å². The molecular weight excluding hydrogens is 580 g/mol. The Morgan fingerprint density at radius 1 is 0.935 bits per heavy atom. The quantitative estimate of drug-likeness (QED) is 0.124. The first-order valence-corrected chi connectivity index (χ1v) is 15.9. The van der Waals surface area contributed by atoms with Crippen molar-refractivity contribution in [3.8, 4) is 11.5 Å². The molecule has 242 valence electrons. The summed E-state index contributed by atoms with van der Waals surface area (Å²) in [5, 5.41) is 14.7. The first-order chi connectivity index (χ1) is 22.1. The summed E-state index contributed by atoms with van der Waals surface area (Å²) in [5.74, 6) is 2.03. The van der Waals surface area contributed by atoms with Crippen LogP contribution in [0.5, 0.6) is 11.5 Å². The first-order valence-electron chi connectivity index (χ1n) is 15.9. The number of carbonyl (C=O) groups is 1. The normalized spacial score (nSPS) is 12.3. The van der Waals surface area contributed by atoms with E-state index >= 15 is 0 Å². The van der Waals surface area contributed by atoms with Crippen LogP contribution in [0.15, 0.2) is 77.4 Å². The van der Waals surface area contributed by atoms with Crippen molar-refractivity contribution in [2.75, 3.05) is 6.61 Å². The summed E-state index contributed by atoms with van der Waals surface area (Å²) >= 11 is 0. The molecule has 46 heavy (non-hydrogen) atoms. The van der Waals surface area contributed by atoms with Gasteiger partial charge in [0.1, 0.15) is 29.6 Å². The number of carboxylic acids is 1. The van der Waals surface area contributed by atoms with Crippen molar-refractivity contribution in [3.05, 3.63) is 112 Å². The molecule has 0 saturated carbocycles. The molecule has 0 saturated heterocycles. The van der Waals surface area contributed by atoms with Crippen LogP contribution < -0.4 is 9.47 Å². The van der Waals surface area contributed by atoms with Crippen LogP contribution in [-0.2, 0) is 24.5 Å². The van der Waals surface area contributed by atoms with Gasteiger partial charge >= 0.3 is 5.97 Å². The third kappa shape index (κ3) is 7.80. The molecule has 0 bridgehead atoms. The number of aromatic carboxylic acids is 1. The van der Waals surface area contributed by atoms with E-state index < -0.39 is 5.97 Å². The Morgan fingerprint density at radius 2 is 1.70 bits per heavy atom. The summed E-state index contributed by atoms with van der Waals surface area (Å²) in [6, 6.07) is 21.3. The van der Waals surface area contributed by atoms with E-state index in [4.69, 9.17) is 18.7 Å². The van der Waals surface area contributed by atoms with Crippen LogP contribution >= 0.6 is 0 Å². The van der Waals surface area contributed by atoms with Gasteiger partial charge in [-0.1, -0.05) is 63.2 Å². The van der Waals surface area contributed by atoms with Gasteiger partial charge in [-0.25, -0.2) is 4.79 Å². The second kappa shape index (κ2) is 14.7. The molecule has 2 heterocycles. The summed E-state index contributed by atoms with van der Waals surface area (Å²) in [7, 11) is 0. The largest absolute Gasteiger partial charge is 0.493 e. The van der Waals surface area contributed by atoms with E-state index in [0.717, 1.165) is 62.5 Å². The molecule has 5 aromatic rings. The zero-order valence-corrected chi connectivity index (χ0v) is 27.6. The summed E-state index contributed by atoms with van der Waals surface area (Å²) in [6.45, 7) is 14.4. The molecule has 1 unspecified atom stereocenters. The van der Waals surface area contributed by atoms with Crippen molar-refractivity contribution < 1.29 is 28.6 Å². The summed E-state index contributed by atoms with van der Waals surface area (Å²) in [5.41, 5.74) is 6.18.